The standard InChI is InChI=1S/C12H12N2/c1-3-9-5-6-11-10(4-2-7-13-11)12(9)14-8-1/h2,4-7,14H,1,3,8H2. The highest BCUT2D eigenvalue weighted by Gasteiger charge is 2.11. The van der Waals surface area contributed by atoms with E-state index in [0.29, 0.717) is 0 Å². The van der Waals surface area contributed by atoms with Gasteiger partial charge in [-0.05, 0) is 36.6 Å². The average molecular weight is 184 g/mol. The Balaban J connectivity index is 2.34. The molecule has 1 aromatic carbocycles. The first-order valence-corrected chi connectivity index (χ1v) is 5.05. The first kappa shape index (κ1) is 7.80. The minimum Gasteiger partial charge on any atom is -0.384 e. The lowest BCUT2D eigenvalue weighted by Crippen LogP contribution is -2.11. The third-order valence-corrected chi connectivity index (χ3v) is 2.80. The van der Waals surface area contributed by atoms with Gasteiger partial charge in [0.2, 0.25) is 0 Å². The zero-order chi connectivity index (χ0) is 9.38. The van der Waals surface area contributed by atoms with Crippen molar-refractivity contribution in [2.45, 2.75) is 12.8 Å². The zero-order valence-corrected chi connectivity index (χ0v) is 7.96. The van der Waals surface area contributed by atoms with Crippen LogP contribution >= 0.6 is 0 Å². The molecule has 0 amide bonds. The number of pyridine rings is 1. The fourth-order valence-corrected chi connectivity index (χ4v) is 2.11. The zero-order valence-electron chi connectivity index (χ0n) is 7.96. The van der Waals surface area contributed by atoms with Crippen LogP contribution in [0, 0.1) is 0 Å². The van der Waals surface area contributed by atoms with Crippen LogP contribution in [0.1, 0.15) is 12.0 Å². The lowest BCUT2D eigenvalue weighted by Gasteiger charge is -2.19. The lowest BCUT2D eigenvalue weighted by atomic mass is 10.00. The summed E-state index contributed by atoms with van der Waals surface area (Å²) in [7, 11) is 0. The van der Waals surface area contributed by atoms with Crippen molar-refractivity contribution in [1.29, 1.82) is 0 Å². The molecule has 1 aromatic heterocycles. The van der Waals surface area contributed by atoms with Gasteiger partial charge in [-0.2, -0.15) is 0 Å². The topological polar surface area (TPSA) is 24.9 Å². The SMILES string of the molecule is c1cnc2ccc3c(c2c1)NCCC3. The molecule has 70 valence electrons. The van der Waals surface area contributed by atoms with Crippen LogP contribution in [-0.4, -0.2) is 11.5 Å². The maximum absolute atomic E-state index is 4.35. The molecule has 1 N–H and O–H groups in total. The molecule has 0 unspecified atom stereocenters. The Bertz CT molecular complexity index is 477. The van der Waals surface area contributed by atoms with Gasteiger partial charge in [-0.15, -0.1) is 0 Å². The van der Waals surface area contributed by atoms with Crippen molar-refractivity contribution in [3.05, 3.63) is 36.0 Å². The number of benzene rings is 1. The fourth-order valence-electron chi connectivity index (χ4n) is 2.11. The van der Waals surface area contributed by atoms with Crippen molar-refractivity contribution in [2.24, 2.45) is 0 Å². The van der Waals surface area contributed by atoms with Crippen molar-refractivity contribution in [3.8, 4) is 0 Å². The van der Waals surface area contributed by atoms with Crippen LogP contribution in [0.25, 0.3) is 10.9 Å². The van der Waals surface area contributed by atoms with Gasteiger partial charge in [-0.1, -0.05) is 6.07 Å². The fraction of sp³-hybridized carbons (Fsp3) is 0.250. The molecule has 14 heavy (non-hydrogen) atoms. The van der Waals surface area contributed by atoms with Crippen molar-refractivity contribution in [1.82, 2.24) is 4.98 Å². The maximum Gasteiger partial charge on any atom is 0.0722 e. The Morgan fingerprint density at radius 3 is 3.21 bits per heavy atom. The van der Waals surface area contributed by atoms with E-state index in [1.165, 1.54) is 29.5 Å². The van der Waals surface area contributed by atoms with Gasteiger partial charge in [0.25, 0.3) is 0 Å². The second-order valence-corrected chi connectivity index (χ2v) is 3.70. The predicted molar refractivity (Wildman–Crippen MR) is 58.6 cm³/mol. The molecule has 0 radical (unpaired) electrons. The highest BCUT2D eigenvalue weighted by atomic mass is 14.9. The number of nitrogens with zero attached hydrogens (tertiary/aromatic N) is 1. The van der Waals surface area contributed by atoms with Crippen LogP contribution in [0.2, 0.25) is 0 Å². The Labute approximate surface area is 83.0 Å². The Kier molecular flexibility index (Phi) is 1.66. The van der Waals surface area contributed by atoms with Gasteiger partial charge in [-0.3, -0.25) is 4.98 Å². The van der Waals surface area contributed by atoms with E-state index in [2.05, 4.69) is 28.5 Å². The maximum atomic E-state index is 4.35. The Hall–Kier alpha value is -1.57. The molecule has 0 fully saturated rings. The smallest absolute Gasteiger partial charge is 0.0722 e. The minimum atomic E-state index is 1.08. The summed E-state index contributed by atoms with van der Waals surface area (Å²) in [6.45, 7) is 1.08. The summed E-state index contributed by atoms with van der Waals surface area (Å²) in [4.78, 5) is 4.35. The summed E-state index contributed by atoms with van der Waals surface area (Å²) < 4.78 is 0. The molecule has 2 heteroatoms. The van der Waals surface area contributed by atoms with Crippen LogP contribution < -0.4 is 5.32 Å². The van der Waals surface area contributed by atoms with Gasteiger partial charge in [-0.25, -0.2) is 0 Å². The van der Waals surface area contributed by atoms with Crippen LogP contribution in [-0.2, 0) is 6.42 Å². The molecule has 0 saturated heterocycles. The molecule has 0 spiro atoms. The number of nitrogens with one attached hydrogen (secondary N) is 1. The molecule has 0 atom stereocenters. The van der Waals surface area contributed by atoms with Crippen LogP contribution in [0.3, 0.4) is 0 Å². The molecule has 2 heterocycles. The van der Waals surface area contributed by atoms with E-state index < -0.39 is 0 Å². The Morgan fingerprint density at radius 2 is 2.21 bits per heavy atom. The normalized spacial score (nSPS) is 14.9. The predicted octanol–water partition coefficient (Wildman–Crippen LogP) is 2.59. The van der Waals surface area contributed by atoms with Crippen molar-refractivity contribution in [2.75, 3.05) is 11.9 Å². The van der Waals surface area contributed by atoms with Crippen molar-refractivity contribution in [3.63, 3.8) is 0 Å². The Morgan fingerprint density at radius 1 is 1.21 bits per heavy atom. The van der Waals surface area contributed by atoms with Crippen molar-refractivity contribution < 1.29 is 0 Å². The number of anilines is 1. The second kappa shape index (κ2) is 2.98. The number of hydrogen-bond acceptors (Lipinski definition) is 2. The first-order valence-electron chi connectivity index (χ1n) is 5.05. The summed E-state index contributed by atoms with van der Waals surface area (Å²) in [5, 5.41) is 4.72. The first-order chi connectivity index (χ1) is 6.95. The minimum absolute atomic E-state index is 1.08. The van der Waals surface area contributed by atoms with E-state index in [1.807, 2.05) is 12.3 Å². The van der Waals surface area contributed by atoms with E-state index in [-0.39, 0.29) is 0 Å². The van der Waals surface area contributed by atoms with Crippen LogP contribution in [0.4, 0.5) is 5.69 Å². The monoisotopic (exact) mass is 184 g/mol. The number of aryl methyl sites for hydroxylation is 1. The number of rotatable bonds is 0. The third-order valence-electron chi connectivity index (χ3n) is 2.80. The molecular formula is C12H12N2. The summed E-state index contributed by atoms with van der Waals surface area (Å²) in [5.74, 6) is 0. The molecule has 2 nitrogen and oxygen atoms in total. The van der Waals surface area contributed by atoms with Crippen LogP contribution in [0.15, 0.2) is 30.5 Å². The van der Waals surface area contributed by atoms with Gasteiger partial charge < -0.3 is 5.32 Å². The van der Waals surface area contributed by atoms with Crippen molar-refractivity contribution >= 4 is 16.6 Å². The van der Waals surface area contributed by atoms with Gasteiger partial charge in [0, 0.05) is 23.8 Å². The number of fused-ring (bicyclic) bond motifs is 3. The highest BCUT2D eigenvalue weighted by molar-refractivity contribution is 5.93. The molecule has 3 rings (SSSR count). The van der Waals surface area contributed by atoms with Gasteiger partial charge in [0.15, 0.2) is 0 Å². The van der Waals surface area contributed by atoms with Gasteiger partial charge in [0.05, 0.1) is 5.52 Å². The summed E-state index contributed by atoms with van der Waals surface area (Å²) in [6.07, 6.45) is 4.27. The second-order valence-electron chi connectivity index (χ2n) is 3.70. The average Bonchev–Trinajstić information content (AvgIpc) is 2.29. The van der Waals surface area contributed by atoms with Gasteiger partial charge in [0.1, 0.15) is 0 Å². The molecule has 0 aliphatic carbocycles. The van der Waals surface area contributed by atoms with E-state index in [4.69, 9.17) is 0 Å². The largest absolute Gasteiger partial charge is 0.384 e. The molecule has 1 aliphatic rings. The molecular weight excluding hydrogens is 172 g/mol. The van der Waals surface area contributed by atoms with Crippen LogP contribution in [0.5, 0.6) is 0 Å². The highest BCUT2D eigenvalue weighted by Crippen LogP contribution is 2.29. The van der Waals surface area contributed by atoms with Gasteiger partial charge >= 0.3 is 0 Å². The number of aromatic nitrogens is 1. The van der Waals surface area contributed by atoms with E-state index in [0.717, 1.165) is 12.1 Å². The summed E-state index contributed by atoms with van der Waals surface area (Å²) in [6, 6.07) is 8.44. The quantitative estimate of drug-likeness (QED) is 0.680. The lowest BCUT2D eigenvalue weighted by molar-refractivity contribution is 0.833. The van der Waals surface area contributed by atoms with E-state index >= 15 is 0 Å². The number of hydrogen-bond donors (Lipinski definition) is 1. The third kappa shape index (κ3) is 1.07. The molecule has 0 saturated carbocycles. The summed E-state index contributed by atoms with van der Waals surface area (Å²) in [5.41, 5.74) is 3.80. The van der Waals surface area contributed by atoms with E-state index in [1.54, 1.807) is 0 Å². The molecule has 1 aliphatic heterocycles. The summed E-state index contributed by atoms with van der Waals surface area (Å²) >= 11 is 0. The molecule has 2 aromatic rings. The molecule has 0 bridgehead atoms. The van der Waals surface area contributed by atoms with E-state index in [9.17, 15) is 0 Å².